The lowest BCUT2D eigenvalue weighted by molar-refractivity contribution is 0.244. The summed E-state index contributed by atoms with van der Waals surface area (Å²) in [5.41, 5.74) is 4.93. The Morgan fingerprint density at radius 3 is 2.89 bits per heavy atom. The van der Waals surface area contributed by atoms with Crippen LogP contribution < -0.4 is 4.74 Å². The normalized spacial score (nSPS) is 15.9. The summed E-state index contributed by atoms with van der Waals surface area (Å²) in [7, 11) is 0. The molecular formula is C23H23N3O2. The fraction of sp³-hybridized carbons (Fsp3) is 0.348. The predicted octanol–water partition coefficient (Wildman–Crippen LogP) is 6.18. The van der Waals surface area contributed by atoms with Crippen LogP contribution >= 0.6 is 0 Å². The van der Waals surface area contributed by atoms with Crippen LogP contribution in [0.15, 0.2) is 40.9 Å². The summed E-state index contributed by atoms with van der Waals surface area (Å²) in [5.74, 6) is 2.15. The number of nitrogens with zero attached hydrogens (tertiary/aromatic N) is 3. The van der Waals surface area contributed by atoms with Crippen LogP contribution in [0.1, 0.15) is 50.7 Å². The second kappa shape index (κ2) is 7.47. The topological polar surface area (TPSA) is 52.5 Å². The van der Waals surface area contributed by atoms with E-state index in [-0.39, 0.29) is 6.10 Å². The van der Waals surface area contributed by atoms with E-state index in [4.69, 9.17) is 15.8 Å². The van der Waals surface area contributed by atoms with Gasteiger partial charge in [-0.1, -0.05) is 30.3 Å². The molecule has 0 unspecified atom stereocenters. The first kappa shape index (κ1) is 18.2. The van der Waals surface area contributed by atoms with Crippen LogP contribution in [0.3, 0.4) is 0 Å². The van der Waals surface area contributed by atoms with Crippen molar-refractivity contribution in [2.75, 3.05) is 0 Å². The van der Waals surface area contributed by atoms with Crippen LogP contribution in [0.4, 0.5) is 5.69 Å². The summed E-state index contributed by atoms with van der Waals surface area (Å²) >= 11 is 0. The van der Waals surface area contributed by atoms with Crippen LogP contribution in [-0.2, 0) is 6.42 Å². The molecule has 1 atom stereocenters. The Morgan fingerprint density at radius 2 is 2.11 bits per heavy atom. The fourth-order valence-corrected chi connectivity index (χ4v) is 3.84. The van der Waals surface area contributed by atoms with Gasteiger partial charge in [0.05, 0.1) is 12.7 Å². The fourth-order valence-electron chi connectivity index (χ4n) is 3.84. The van der Waals surface area contributed by atoms with Gasteiger partial charge < -0.3 is 9.26 Å². The largest absolute Gasteiger partial charge is 0.502 e. The Bertz CT molecular complexity index is 1050. The van der Waals surface area contributed by atoms with Crippen molar-refractivity contribution in [2.24, 2.45) is 0 Å². The van der Waals surface area contributed by atoms with E-state index >= 15 is 0 Å². The summed E-state index contributed by atoms with van der Waals surface area (Å²) < 4.78 is 11.2. The highest BCUT2D eigenvalue weighted by Gasteiger charge is 2.22. The molecule has 5 heteroatoms. The number of fused-ring (bicyclic) bond motifs is 1. The number of rotatable bonds is 4. The summed E-state index contributed by atoms with van der Waals surface area (Å²) in [6.07, 6.45) is 3.45. The van der Waals surface area contributed by atoms with Gasteiger partial charge in [0.1, 0.15) is 5.75 Å². The van der Waals surface area contributed by atoms with Crippen molar-refractivity contribution in [2.45, 2.75) is 52.1 Å². The SMILES string of the molecule is [C-]#[N+]c1cc(-c2nc(-c3cccc4c3CCC[C@@H]4C)no2)ccc1OC(C)C. The third-order valence-electron chi connectivity index (χ3n) is 5.16. The first-order valence-corrected chi connectivity index (χ1v) is 9.71. The molecule has 5 nitrogen and oxygen atoms in total. The molecule has 3 aromatic rings. The number of aromatic nitrogens is 2. The minimum Gasteiger partial charge on any atom is -0.502 e. The van der Waals surface area contributed by atoms with Crippen molar-refractivity contribution in [3.05, 3.63) is 58.9 Å². The van der Waals surface area contributed by atoms with E-state index in [1.807, 2.05) is 19.9 Å². The average Bonchev–Trinajstić information content (AvgIpc) is 3.18. The zero-order chi connectivity index (χ0) is 19.7. The summed E-state index contributed by atoms with van der Waals surface area (Å²) in [4.78, 5) is 8.20. The molecule has 0 aliphatic heterocycles. The highest BCUT2D eigenvalue weighted by atomic mass is 16.5. The Morgan fingerprint density at radius 1 is 1.25 bits per heavy atom. The molecule has 1 aliphatic carbocycles. The van der Waals surface area contributed by atoms with E-state index in [0.717, 1.165) is 17.5 Å². The Hall–Kier alpha value is -3.13. The van der Waals surface area contributed by atoms with Crippen LogP contribution in [0, 0.1) is 6.57 Å². The monoisotopic (exact) mass is 373 g/mol. The highest BCUT2D eigenvalue weighted by Crippen LogP contribution is 2.37. The minimum atomic E-state index is 0.00741. The van der Waals surface area contributed by atoms with E-state index in [9.17, 15) is 0 Å². The molecule has 0 bridgehead atoms. The molecule has 0 fully saturated rings. The van der Waals surface area contributed by atoms with Crippen molar-refractivity contribution in [1.82, 2.24) is 10.1 Å². The van der Waals surface area contributed by atoms with Crippen molar-refractivity contribution in [1.29, 1.82) is 0 Å². The molecule has 1 aromatic heterocycles. The van der Waals surface area contributed by atoms with Crippen LogP contribution in [-0.4, -0.2) is 16.2 Å². The van der Waals surface area contributed by atoms with E-state index in [1.54, 1.807) is 12.1 Å². The first-order chi connectivity index (χ1) is 13.6. The second-order valence-corrected chi connectivity index (χ2v) is 7.55. The molecule has 0 radical (unpaired) electrons. The number of benzene rings is 2. The molecule has 0 N–H and O–H groups in total. The van der Waals surface area contributed by atoms with Crippen LogP contribution in [0.5, 0.6) is 5.75 Å². The Kier molecular flexibility index (Phi) is 4.87. The van der Waals surface area contributed by atoms with Gasteiger partial charge in [-0.05, 0) is 68.4 Å². The van der Waals surface area contributed by atoms with Gasteiger partial charge in [0.15, 0.2) is 0 Å². The van der Waals surface area contributed by atoms with E-state index in [2.05, 4.69) is 40.1 Å². The molecule has 1 heterocycles. The zero-order valence-electron chi connectivity index (χ0n) is 16.4. The van der Waals surface area contributed by atoms with Gasteiger partial charge in [-0.3, -0.25) is 0 Å². The van der Waals surface area contributed by atoms with Gasteiger partial charge in [0, 0.05) is 11.1 Å². The maximum atomic E-state index is 7.43. The molecule has 2 aromatic carbocycles. The summed E-state index contributed by atoms with van der Waals surface area (Å²) in [5, 5.41) is 4.23. The van der Waals surface area contributed by atoms with Gasteiger partial charge in [-0.25, -0.2) is 4.85 Å². The molecule has 28 heavy (non-hydrogen) atoms. The maximum absolute atomic E-state index is 7.43. The van der Waals surface area contributed by atoms with Gasteiger partial charge in [0.2, 0.25) is 11.5 Å². The molecule has 142 valence electrons. The van der Waals surface area contributed by atoms with Crippen molar-refractivity contribution in [3.63, 3.8) is 0 Å². The zero-order valence-corrected chi connectivity index (χ0v) is 16.4. The molecule has 1 aliphatic rings. The Balaban J connectivity index is 1.70. The second-order valence-electron chi connectivity index (χ2n) is 7.55. The van der Waals surface area contributed by atoms with Gasteiger partial charge in [-0.2, -0.15) is 4.98 Å². The number of hydrogen-bond acceptors (Lipinski definition) is 4. The molecule has 0 amide bonds. The average molecular weight is 373 g/mol. The maximum Gasteiger partial charge on any atom is 0.256 e. The predicted molar refractivity (Wildman–Crippen MR) is 109 cm³/mol. The van der Waals surface area contributed by atoms with Crippen molar-refractivity contribution in [3.8, 4) is 28.6 Å². The van der Waals surface area contributed by atoms with Crippen LogP contribution in [0.2, 0.25) is 0 Å². The summed E-state index contributed by atoms with van der Waals surface area (Å²) in [6, 6.07) is 11.7. The third-order valence-corrected chi connectivity index (χ3v) is 5.16. The third kappa shape index (κ3) is 3.38. The van der Waals surface area contributed by atoms with Crippen LogP contribution in [0.25, 0.3) is 27.7 Å². The quantitative estimate of drug-likeness (QED) is 0.512. The standard InChI is InChI=1S/C23H23N3O2/c1-14(2)27-21-12-11-16(13-20(21)24-4)23-25-22(26-28-23)19-10-6-8-17-15(3)7-5-9-18(17)19/h6,8,10-15H,5,7,9H2,1-3H3/t15-/m0/s1. The van der Waals surface area contributed by atoms with Gasteiger partial charge in [0.25, 0.3) is 5.89 Å². The lowest BCUT2D eigenvalue weighted by atomic mass is 9.81. The first-order valence-electron chi connectivity index (χ1n) is 9.71. The smallest absolute Gasteiger partial charge is 0.256 e. The van der Waals surface area contributed by atoms with Gasteiger partial charge >= 0.3 is 0 Å². The highest BCUT2D eigenvalue weighted by molar-refractivity contribution is 5.70. The van der Waals surface area contributed by atoms with E-state index in [0.29, 0.717) is 29.1 Å². The molecular weight excluding hydrogens is 350 g/mol. The summed E-state index contributed by atoms with van der Waals surface area (Å²) in [6.45, 7) is 13.6. The van der Waals surface area contributed by atoms with E-state index in [1.165, 1.54) is 24.0 Å². The molecule has 0 spiro atoms. The Labute approximate surface area is 165 Å². The van der Waals surface area contributed by atoms with E-state index < -0.39 is 0 Å². The van der Waals surface area contributed by atoms with Crippen molar-refractivity contribution < 1.29 is 9.26 Å². The van der Waals surface area contributed by atoms with Crippen molar-refractivity contribution >= 4 is 5.69 Å². The molecule has 0 saturated heterocycles. The molecule has 0 saturated carbocycles. The van der Waals surface area contributed by atoms with Gasteiger partial charge in [-0.15, -0.1) is 0 Å². The minimum absolute atomic E-state index is 0.00741. The number of ether oxygens (including phenoxy) is 1. The molecule has 4 rings (SSSR count). The lowest BCUT2D eigenvalue weighted by Crippen LogP contribution is -2.08. The number of hydrogen-bond donors (Lipinski definition) is 0. The lowest BCUT2D eigenvalue weighted by Gasteiger charge is -2.23.